The van der Waals surface area contributed by atoms with Crippen LogP contribution in [0.1, 0.15) is 70.3 Å². The van der Waals surface area contributed by atoms with Crippen LogP contribution in [0.15, 0.2) is 18.2 Å². The number of nitrogens with zero attached hydrogens (tertiary/aromatic N) is 3. The number of likely N-dealkylation sites (tertiary alicyclic amines) is 2. The molecule has 4 rings (SSSR count). The maximum absolute atomic E-state index is 13.5. The van der Waals surface area contributed by atoms with Gasteiger partial charge in [-0.15, -0.1) is 0 Å². The van der Waals surface area contributed by atoms with Gasteiger partial charge in [-0.1, -0.05) is 32.8 Å². The SMILES string of the molecule is CCCCN(CCCC)C(=O)CN1CC(c2ccc3c(c2)OCO3)[C@H](C(=O)O)[C@H]1CCN1CCCC1=O. The summed E-state index contributed by atoms with van der Waals surface area (Å²) in [5.41, 5.74) is 0.877. The number of benzene rings is 1. The summed E-state index contributed by atoms with van der Waals surface area (Å²) >= 11 is 0. The van der Waals surface area contributed by atoms with E-state index in [9.17, 15) is 19.5 Å². The van der Waals surface area contributed by atoms with E-state index in [0.29, 0.717) is 37.4 Å². The highest BCUT2D eigenvalue weighted by Crippen LogP contribution is 2.42. The normalized spacial score (nSPS) is 23.1. The van der Waals surface area contributed by atoms with E-state index >= 15 is 0 Å². The topological polar surface area (TPSA) is 99.6 Å². The molecule has 204 valence electrons. The second-order valence-electron chi connectivity index (χ2n) is 10.4. The van der Waals surface area contributed by atoms with Crippen molar-refractivity contribution in [1.29, 1.82) is 0 Å². The molecule has 3 heterocycles. The van der Waals surface area contributed by atoms with Crippen LogP contribution in [0.4, 0.5) is 0 Å². The molecule has 0 saturated carbocycles. The number of unbranched alkanes of at least 4 members (excludes halogenated alkanes) is 2. The van der Waals surface area contributed by atoms with Gasteiger partial charge in [0, 0.05) is 51.1 Å². The third-order valence-corrected chi connectivity index (χ3v) is 7.98. The Labute approximate surface area is 219 Å². The highest BCUT2D eigenvalue weighted by molar-refractivity contribution is 5.79. The molecule has 37 heavy (non-hydrogen) atoms. The molecule has 3 aliphatic rings. The lowest BCUT2D eigenvalue weighted by molar-refractivity contribution is -0.144. The second-order valence-corrected chi connectivity index (χ2v) is 10.4. The summed E-state index contributed by atoms with van der Waals surface area (Å²) < 4.78 is 11.0. The Morgan fingerprint density at radius 2 is 1.84 bits per heavy atom. The van der Waals surface area contributed by atoms with Crippen molar-refractivity contribution >= 4 is 17.8 Å². The summed E-state index contributed by atoms with van der Waals surface area (Å²) in [5.74, 6) is -0.383. The van der Waals surface area contributed by atoms with Gasteiger partial charge in [-0.2, -0.15) is 0 Å². The Kier molecular flexibility index (Phi) is 9.29. The number of fused-ring (bicyclic) bond motifs is 1. The van der Waals surface area contributed by atoms with Crippen molar-refractivity contribution in [2.45, 2.75) is 70.8 Å². The molecule has 0 bridgehead atoms. The number of hydrogen-bond acceptors (Lipinski definition) is 6. The summed E-state index contributed by atoms with van der Waals surface area (Å²) in [6.07, 6.45) is 5.86. The fourth-order valence-corrected chi connectivity index (χ4v) is 5.90. The van der Waals surface area contributed by atoms with Crippen molar-refractivity contribution in [3.8, 4) is 11.5 Å². The molecule has 1 aromatic rings. The molecule has 9 heteroatoms. The van der Waals surface area contributed by atoms with Crippen LogP contribution in [0, 0.1) is 5.92 Å². The standard InChI is InChI=1S/C28H41N3O6/c1-3-5-12-29(13-6-4-2)26(33)18-31-17-21(20-9-10-23-24(16-20)37-19-36-23)27(28(34)35)22(31)11-15-30-14-7-8-25(30)32/h9-10,16,21-22,27H,3-8,11-15,17-19H2,1-2H3,(H,34,35)/t21?,22-,27+/m1/s1. The van der Waals surface area contributed by atoms with Crippen LogP contribution in [-0.2, 0) is 14.4 Å². The van der Waals surface area contributed by atoms with Gasteiger partial charge in [0.25, 0.3) is 0 Å². The zero-order valence-corrected chi connectivity index (χ0v) is 22.2. The number of aliphatic carboxylic acids is 1. The van der Waals surface area contributed by atoms with Crippen molar-refractivity contribution < 1.29 is 29.0 Å². The smallest absolute Gasteiger partial charge is 0.308 e. The molecule has 9 nitrogen and oxygen atoms in total. The molecule has 3 atom stereocenters. The molecule has 0 aromatic heterocycles. The predicted octanol–water partition coefficient (Wildman–Crippen LogP) is 3.33. The first-order valence-electron chi connectivity index (χ1n) is 13.8. The Bertz CT molecular complexity index is 961. The van der Waals surface area contributed by atoms with Gasteiger partial charge < -0.3 is 24.4 Å². The number of carbonyl (C=O) groups excluding carboxylic acids is 2. The van der Waals surface area contributed by atoms with Crippen molar-refractivity contribution in [3.05, 3.63) is 23.8 Å². The average Bonchev–Trinajstić information content (AvgIpc) is 3.60. The average molecular weight is 516 g/mol. The van der Waals surface area contributed by atoms with Gasteiger partial charge in [0.15, 0.2) is 11.5 Å². The summed E-state index contributed by atoms with van der Waals surface area (Å²) in [6.45, 7) is 7.74. The van der Waals surface area contributed by atoms with E-state index in [1.807, 2.05) is 28.0 Å². The molecule has 1 N–H and O–H groups in total. The molecule has 1 aromatic carbocycles. The third kappa shape index (κ3) is 6.37. The van der Waals surface area contributed by atoms with Crippen LogP contribution >= 0.6 is 0 Å². The maximum atomic E-state index is 13.5. The van der Waals surface area contributed by atoms with Crippen LogP contribution in [-0.4, -0.2) is 89.7 Å². The molecule has 0 aliphatic carbocycles. The summed E-state index contributed by atoms with van der Waals surface area (Å²) in [7, 11) is 0. The number of rotatable bonds is 13. The lowest BCUT2D eigenvalue weighted by Crippen LogP contribution is -2.45. The van der Waals surface area contributed by atoms with Crippen molar-refractivity contribution in [3.63, 3.8) is 0 Å². The Hall–Kier alpha value is -2.81. The summed E-state index contributed by atoms with van der Waals surface area (Å²) in [5, 5.41) is 10.4. The first-order chi connectivity index (χ1) is 17.9. The minimum absolute atomic E-state index is 0.0552. The second kappa shape index (κ2) is 12.6. The van der Waals surface area contributed by atoms with E-state index in [-0.39, 0.29) is 37.1 Å². The summed E-state index contributed by atoms with van der Waals surface area (Å²) in [4.78, 5) is 44.2. The van der Waals surface area contributed by atoms with Crippen molar-refractivity contribution in [2.75, 3.05) is 46.1 Å². The zero-order chi connectivity index (χ0) is 26.4. The number of hydrogen-bond donors (Lipinski definition) is 1. The maximum Gasteiger partial charge on any atom is 0.308 e. The van der Waals surface area contributed by atoms with E-state index in [1.54, 1.807) is 0 Å². The molecule has 2 amide bonds. The van der Waals surface area contributed by atoms with Gasteiger partial charge >= 0.3 is 5.97 Å². The van der Waals surface area contributed by atoms with E-state index in [1.165, 1.54) is 0 Å². The molecule has 2 fully saturated rings. The summed E-state index contributed by atoms with van der Waals surface area (Å²) in [6, 6.07) is 5.28. The third-order valence-electron chi connectivity index (χ3n) is 7.98. The van der Waals surface area contributed by atoms with Crippen LogP contribution < -0.4 is 9.47 Å². The van der Waals surface area contributed by atoms with Gasteiger partial charge in [0.1, 0.15) is 0 Å². The Morgan fingerprint density at radius 1 is 1.11 bits per heavy atom. The Morgan fingerprint density at radius 3 is 2.49 bits per heavy atom. The number of carboxylic acid groups (broad SMARTS) is 1. The molecule has 0 radical (unpaired) electrons. The predicted molar refractivity (Wildman–Crippen MR) is 139 cm³/mol. The first kappa shape index (κ1) is 27.2. The van der Waals surface area contributed by atoms with Gasteiger partial charge in [-0.25, -0.2) is 0 Å². The minimum Gasteiger partial charge on any atom is -0.481 e. The fraction of sp³-hybridized carbons (Fsp3) is 0.679. The number of carbonyl (C=O) groups is 3. The number of carboxylic acids is 1. The van der Waals surface area contributed by atoms with Crippen molar-refractivity contribution in [1.82, 2.24) is 14.7 Å². The molecule has 0 spiro atoms. The molecule has 3 aliphatic heterocycles. The van der Waals surface area contributed by atoms with E-state index < -0.39 is 11.9 Å². The van der Waals surface area contributed by atoms with Crippen molar-refractivity contribution in [2.24, 2.45) is 5.92 Å². The van der Waals surface area contributed by atoms with Crippen LogP contribution in [0.2, 0.25) is 0 Å². The van der Waals surface area contributed by atoms with E-state index in [2.05, 4.69) is 18.7 Å². The highest BCUT2D eigenvalue weighted by Gasteiger charge is 2.47. The first-order valence-corrected chi connectivity index (χ1v) is 13.8. The van der Waals surface area contributed by atoms with Gasteiger partial charge in [-0.3, -0.25) is 19.3 Å². The van der Waals surface area contributed by atoms with Gasteiger partial charge in [-0.05, 0) is 43.4 Å². The monoisotopic (exact) mass is 515 g/mol. The number of amides is 2. The molecule has 2 saturated heterocycles. The zero-order valence-electron chi connectivity index (χ0n) is 22.2. The van der Waals surface area contributed by atoms with Crippen LogP contribution in [0.3, 0.4) is 0 Å². The van der Waals surface area contributed by atoms with E-state index in [0.717, 1.165) is 57.3 Å². The van der Waals surface area contributed by atoms with Gasteiger partial charge in [0.2, 0.25) is 18.6 Å². The largest absolute Gasteiger partial charge is 0.481 e. The van der Waals surface area contributed by atoms with Crippen LogP contribution in [0.25, 0.3) is 0 Å². The fourth-order valence-electron chi connectivity index (χ4n) is 5.90. The molecular formula is C28H41N3O6. The molecule has 1 unspecified atom stereocenters. The lowest BCUT2D eigenvalue weighted by Gasteiger charge is -2.30. The van der Waals surface area contributed by atoms with Crippen LogP contribution in [0.5, 0.6) is 11.5 Å². The highest BCUT2D eigenvalue weighted by atomic mass is 16.7. The Balaban J connectivity index is 1.57. The quantitative estimate of drug-likeness (QED) is 0.430. The van der Waals surface area contributed by atoms with E-state index in [4.69, 9.17) is 9.47 Å². The number of ether oxygens (including phenoxy) is 2. The minimum atomic E-state index is -0.871. The van der Waals surface area contributed by atoms with Gasteiger partial charge in [0.05, 0.1) is 12.5 Å². The molecular weight excluding hydrogens is 474 g/mol. The lowest BCUT2D eigenvalue weighted by atomic mass is 9.84.